The molecule has 1 atom stereocenters. The highest BCUT2D eigenvalue weighted by Crippen LogP contribution is 2.29. The molecule has 3 aromatic rings. The number of hydrogen-bond acceptors (Lipinski definition) is 5. The number of rotatable bonds is 8. The molecular weight excluding hydrogens is 406 g/mol. The van der Waals surface area contributed by atoms with Gasteiger partial charge in [-0.3, -0.25) is 14.3 Å². The minimum absolute atomic E-state index is 0.397. The smallest absolute Gasteiger partial charge is 0.191 e. The maximum absolute atomic E-state index is 4.43. The molecule has 8 heteroatoms. The van der Waals surface area contributed by atoms with Crippen LogP contribution in [0.1, 0.15) is 42.9 Å². The number of guanidine groups is 1. The van der Waals surface area contributed by atoms with Crippen molar-refractivity contribution >= 4 is 22.9 Å². The van der Waals surface area contributed by atoms with Crippen molar-refractivity contribution in [2.24, 2.45) is 10.9 Å². The van der Waals surface area contributed by atoms with Gasteiger partial charge in [-0.25, -0.2) is 0 Å². The lowest BCUT2D eigenvalue weighted by molar-refractivity contribution is 0.140. The van der Waals surface area contributed by atoms with Gasteiger partial charge in [0.15, 0.2) is 11.6 Å². The molecule has 1 aliphatic rings. The zero-order valence-corrected chi connectivity index (χ0v) is 19.3. The van der Waals surface area contributed by atoms with Crippen molar-refractivity contribution in [2.45, 2.75) is 38.6 Å². The molecule has 31 heavy (non-hydrogen) atoms. The molecule has 1 fully saturated rings. The Bertz CT molecular complexity index is 957. The lowest BCUT2D eigenvalue weighted by Gasteiger charge is -2.36. The molecule has 7 nitrogen and oxygen atoms in total. The van der Waals surface area contributed by atoms with E-state index < -0.39 is 0 Å². The molecule has 1 saturated heterocycles. The van der Waals surface area contributed by atoms with Crippen LogP contribution in [0.3, 0.4) is 0 Å². The quantitative estimate of drug-likeness (QED) is 0.320. The van der Waals surface area contributed by atoms with Gasteiger partial charge in [-0.05, 0) is 61.8 Å². The SMILES string of the molecule is CN=C(NCCCc1nnc2ccccn12)NCC(c1cccs1)N1CCC(C)CC1. The summed E-state index contributed by atoms with van der Waals surface area (Å²) in [5.74, 6) is 2.69. The Morgan fingerprint density at radius 2 is 2.06 bits per heavy atom. The molecule has 166 valence electrons. The molecule has 0 radical (unpaired) electrons. The van der Waals surface area contributed by atoms with Gasteiger partial charge in [-0.1, -0.05) is 19.1 Å². The largest absolute Gasteiger partial charge is 0.356 e. The second kappa shape index (κ2) is 10.7. The fourth-order valence-corrected chi connectivity index (χ4v) is 5.02. The van der Waals surface area contributed by atoms with E-state index in [1.807, 2.05) is 42.8 Å². The molecule has 0 spiro atoms. The number of pyridine rings is 1. The zero-order chi connectivity index (χ0) is 21.5. The molecule has 3 aromatic heterocycles. The summed E-state index contributed by atoms with van der Waals surface area (Å²) in [5, 5.41) is 17.7. The van der Waals surface area contributed by atoms with Crippen molar-refractivity contribution in [3.05, 3.63) is 52.6 Å². The third kappa shape index (κ3) is 5.62. The first-order valence-corrected chi connectivity index (χ1v) is 12.1. The molecule has 0 saturated carbocycles. The van der Waals surface area contributed by atoms with E-state index in [1.165, 1.54) is 30.8 Å². The monoisotopic (exact) mass is 439 g/mol. The Morgan fingerprint density at radius 1 is 1.19 bits per heavy atom. The van der Waals surface area contributed by atoms with Gasteiger partial charge in [0.1, 0.15) is 5.82 Å². The summed E-state index contributed by atoms with van der Waals surface area (Å²) in [6, 6.07) is 10.8. The Hall–Kier alpha value is -2.45. The number of nitrogens with one attached hydrogen (secondary N) is 2. The summed E-state index contributed by atoms with van der Waals surface area (Å²) >= 11 is 1.85. The van der Waals surface area contributed by atoms with E-state index in [2.05, 4.69) is 59.6 Å². The Balaban J connectivity index is 1.26. The van der Waals surface area contributed by atoms with Gasteiger partial charge < -0.3 is 10.6 Å². The first-order chi connectivity index (χ1) is 15.2. The first kappa shape index (κ1) is 21.8. The standard InChI is InChI=1S/C23H33N7S/c1-18-10-14-29(15-11-18)19(20-7-6-16-31-20)17-26-23(24-2)25-12-5-9-22-28-27-21-8-3-4-13-30(21)22/h3-4,6-8,13,16,18-19H,5,9-12,14-15,17H2,1-2H3,(H2,24,25,26). The highest BCUT2D eigenvalue weighted by atomic mass is 32.1. The Kier molecular flexibility index (Phi) is 7.53. The molecule has 0 bridgehead atoms. The zero-order valence-electron chi connectivity index (χ0n) is 18.5. The van der Waals surface area contributed by atoms with Gasteiger partial charge in [-0.2, -0.15) is 0 Å². The van der Waals surface area contributed by atoms with E-state index in [9.17, 15) is 0 Å². The average Bonchev–Trinajstić information content (AvgIpc) is 3.47. The van der Waals surface area contributed by atoms with Crippen molar-refractivity contribution in [3.8, 4) is 0 Å². The number of thiophene rings is 1. The van der Waals surface area contributed by atoms with Crippen molar-refractivity contribution in [1.29, 1.82) is 0 Å². The molecule has 0 aromatic carbocycles. The molecule has 1 unspecified atom stereocenters. The minimum Gasteiger partial charge on any atom is -0.356 e. The molecule has 4 rings (SSSR count). The van der Waals surface area contributed by atoms with Crippen LogP contribution < -0.4 is 10.6 Å². The minimum atomic E-state index is 0.397. The normalized spacial score (nSPS) is 17.2. The van der Waals surface area contributed by atoms with Crippen LogP contribution in [-0.4, -0.2) is 58.7 Å². The van der Waals surface area contributed by atoms with Gasteiger partial charge in [-0.15, -0.1) is 21.5 Å². The van der Waals surface area contributed by atoms with Gasteiger partial charge in [0.05, 0.1) is 6.04 Å². The number of likely N-dealkylation sites (tertiary alicyclic amines) is 1. The maximum Gasteiger partial charge on any atom is 0.191 e. The lowest BCUT2D eigenvalue weighted by atomic mass is 9.97. The first-order valence-electron chi connectivity index (χ1n) is 11.2. The highest BCUT2D eigenvalue weighted by molar-refractivity contribution is 7.10. The predicted molar refractivity (Wildman–Crippen MR) is 128 cm³/mol. The molecule has 0 aliphatic carbocycles. The second-order valence-corrected chi connectivity index (χ2v) is 9.26. The molecule has 2 N–H and O–H groups in total. The molecule has 4 heterocycles. The number of fused-ring (bicyclic) bond motifs is 1. The number of nitrogens with zero attached hydrogens (tertiary/aromatic N) is 5. The van der Waals surface area contributed by atoms with E-state index >= 15 is 0 Å². The number of aliphatic imine (C=N–C) groups is 1. The van der Waals surface area contributed by atoms with E-state index in [0.717, 1.165) is 49.3 Å². The lowest BCUT2D eigenvalue weighted by Crippen LogP contribution is -2.45. The van der Waals surface area contributed by atoms with Gasteiger partial charge in [0.25, 0.3) is 0 Å². The summed E-state index contributed by atoms with van der Waals surface area (Å²) in [5.41, 5.74) is 0.898. The van der Waals surface area contributed by atoms with Crippen LogP contribution in [0, 0.1) is 5.92 Å². The van der Waals surface area contributed by atoms with Crippen molar-refractivity contribution in [1.82, 2.24) is 30.1 Å². The molecule has 1 aliphatic heterocycles. The predicted octanol–water partition coefficient (Wildman–Crippen LogP) is 3.36. The summed E-state index contributed by atoms with van der Waals surface area (Å²) in [6.07, 6.45) is 6.43. The van der Waals surface area contributed by atoms with E-state index in [0.29, 0.717) is 6.04 Å². The van der Waals surface area contributed by atoms with Crippen molar-refractivity contribution in [3.63, 3.8) is 0 Å². The summed E-state index contributed by atoms with van der Waals surface area (Å²) in [7, 11) is 1.84. The average molecular weight is 440 g/mol. The third-order valence-corrected chi connectivity index (χ3v) is 7.04. The molecular formula is C23H33N7S. The fourth-order valence-electron chi connectivity index (χ4n) is 4.16. The number of piperidine rings is 1. The van der Waals surface area contributed by atoms with Crippen LogP contribution in [0.5, 0.6) is 0 Å². The molecule has 0 amide bonds. The number of hydrogen-bond donors (Lipinski definition) is 2. The Morgan fingerprint density at radius 3 is 2.84 bits per heavy atom. The maximum atomic E-state index is 4.43. The summed E-state index contributed by atoms with van der Waals surface area (Å²) < 4.78 is 2.05. The second-order valence-electron chi connectivity index (χ2n) is 8.28. The van der Waals surface area contributed by atoms with E-state index in [-0.39, 0.29) is 0 Å². The number of aryl methyl sites for hydroxylation is 1. The van der Waals surface area contributed by atoms with E-state index in [4.69, 9.17) is 0 Å². The highest BCUT2D eigenvalue weighted by Gasteiger charge is 2.25. The van der Waals surface area contributed by atoms with Crippen LogP contribution in [0.25, 0.3) is 5.65 Å². The van der Waals surface area contributed by atoms with Crippen LogP contribution in [0.2, 0.25) is 0 Å². The topological polar surface area (TPSA) is 69.8 Å². The van der Waals surface area contributed by atoms with Gasteiger partial charge in [0.2, 0.25) is 0 Å². The van der Waals surface area contributed by atoms with Crippen molar-refractivity contribution in [2.75, 3.05) is 33.2 Å². The van der Waals surface area contributed by atoms with Crippen LogP contribution in [-0.2, 0) is 6.42 Å². The third-order valence-electron chi connectivity index (χ3n) is 6.07. The fraction of sp³-hybridized carbons (Fsp3) is 0.522. The summed E-state index contributed by atoms with van der Waals surface area (Å²) in [6.45, 7) is 6.41. The van der Waals surface area contributed by atoms with Gasteiger partial charge >= 0.3 is 0 Å². The van der Waals surface area contributed by atoms with Crippen LogP contribution in [0.15, 0.2) is 46.9 Å². The number of aromatic nitrogens is 3. The van der Waals surface area contributed by atoms with Crippen LogP contribution in [0.4, 0.5) is 0 Å². The Labute approximate surface area is 188 Å². The van der Waals surface area contributed by atoms with E-state index in [1.54, 1.807) is 0 Å². The summed E-state index contributed by atoms with van der Waals surface area (Å²) in [4.78, 5) is 8.48. The van der Waals surface area contributed by atoms with Gasteiger partial charge in [0, 0.05) is 37.6 Å². The van der Waals surface area contributed by atoms with Crippen LogP contribution >= 0.6 is 11.3 Å². The van der Waals surface area contributed by atoms with Crippen molar-refractivity contribution < 1.29 is 0 Å².